The highest BCUT2D eigenvalue weighted by Gasteiger charge is 2.22. The van der Waals surface area contributed by atoms with Crippen LogP contribution in [-0.2, 0) is 6.54 Å². The van der Waals surface area contributed by atoms with Crippen LogP contribution in [0.15, 0.2) is 24.4 Å². The second kappa shape index (κ2) is 7.70. The van der Waals surface area contributed by atoms with E-state index in [1.807, 2.05) is 31.9 Å². The van der Waals surface area contributed by atoms with E-state index in [2.05, 4.69) is 32.0 Å². The van der Waals surface area contributed by atoms with Crippen molar-refractivity contribution < 1.29 is 4.79 Å². The van der Waals surface area contributed by atoms with E-state index in [4.69, 9.17) is 0 Å². The Morgan fingerprint density at radius 3 is 2.64 bits per heavy atom. The van der Waals surface area contributed by atoms with Gasteiger partial charge < -0.3 is 4.90 Å². The molecule has 6 nitrogen and oxygen atoms in total. The molecule has 1 aliphatic rings. The van der Waals surface area contributed by atoms with Crippen LogP contribution < -0.4 is 0 Å². The lowest BCUT2D eigenvalue weighted by atomic mass is 10.2. The van der Waals surface area contributed by atoms with Gasteiger partial charge in [-0.2, -0.15) is 0 Å². The second-order valence-electron chi connectivity index (χ2n) is 6.69. The number of pyridine rings is 1. The van der Waals surface area contributed by atoms with Crippen molar-refractivity contribution in [3.63, 3.8) is 0 Å². The highest BCUT2D eigenvalue weighted by molar-refractivity contribution is 5.92. The molecule has 3 rings (SSSR count). The molecule has 0 unspecified atom stereocenters. The molecule has 0 radical (unpaired) electrons. The Kier molecular flexibility index (Phi) is 5.38. The summed E-state index contributed by atoms with van der Waals surface area (Å²) in [4.78, 5) is 30.1. The third-order valence-electron chi connectivity index (χ3n) is 4.42. The normalized spacial score (nSPS) is 15.9. The van der Waals surface area contributed by atoms with Crippen molar-refractivity contribution in [1.29, 1.82) is 0 Å². The summed E-state index contributed by atoms with van der Waals surface area (Å²) in [5, 5.41) is 0. The lowest BCUT2D eigenvalue weighted by Gasteiger charge is -2.21. The first-order valence-electron chi connectivity index (χ1n) is 8.77. The third kappa shape index (κ3) is 4.60. The molecule has 2 aromatic heterocycles. The van der Waals surface area contributed by atoms with Crippen LogP contribution in [0.2, 0.25) is 0 Å². The van der Waals surface area contributed by atoms with Gasteiger partial charge in [-0.05, 0) is 44.9 Å². The highest BCUT2D eigenvalue weighted by atomic mass is 16.2. The molecule has 132 valence electrons. The summed E-state index contributed by atoms with van der Waals surface area (Å²) in [6, 6.07) is 5.94. The molecule has 0 saturated carbocycles. The monoisotopic (exact) mass is 339 g/mol. The molecule has 1 fully saturated rings. The van der Waals surface area contributed by atoms with E-state index >= 15 is 0 Å². The minimum absolute atomic E-state index is 0.00362. The lowest BCUT2D eigenvalue weighted by Crippen LogP contribution is -2.35. The van der Waals surface area contributed by atoms with E-state index in [0.717, 1.165) is 44.0 Å². The van der Waals surface area contributed by atoms with Crippen LogP contribution in [0.1, 0.15) is 39.7 Å². The van der Waals surface area contributed by atoms with E-state index < -0.39 is 0 Å². The third-order valence-corrected chi connectivity index (χ3v) is 4.42. The van der Waals surface area contributed by atoms with Crippen molar-refractivity contribution >= 4 is 5.91 Å². The standard InChI is InChI=1S/C19H25N5O/c1-14-5-6-17(20-12-14)13-23-7-4-8-24(10-9-23)19(25)18-11-15(2)21-16(3)22-18/h5-6,11-12H,4,7-10,13H2,1-3H3. The molecule has 0 aromatic carbocycles. The largest absolute Gasteiger partial charge is 0.336 e. The predicted octanol–water partition coefficient (Wildman–Crippen LogP) is 2.14. The van der Waals surface area contributed by atoms with Gasteiger partial charge in [0, 0.05) is 44.6 Å². The second-order valence-corrected chi connectivity index (χ2v) is 6.69. The van der Waals surface area contributed by atoms with Gasteiger partial charge in [-0.25, -0.2) is 9.97 Å². The number of aryl methyl sites for hydroxylation is 3. The van der Waals surface area contributed by atoms with E-state index in [1.165, 1.54) is 5.56 Å². The van der Waals surface area contributed by atoms with Gasteiger partial charge in [0.2, 0.25) is 0 Å². The fourth-order valence-corrected chi connectivity index (χ4v) is 3.14. The first-order valence-corrected chi connectivity index (χ1v) is 8.77. The van der Waals surface area contributed by atoms with Crippen LogP contribution in [0.4, 0.5) is 0 Å². The van der Waals surface area contributed by atoms with Gasteiger partial charge in [-0.15, -0.1) is 0 Å². The lowest BCUT2D eigenvalue weighted by molar-refractivity contribution is 0.0754. The van der Waals surface area contributed by atoms with Gasteiger partial charge >= 0.3 is 0 Å². The first kappa shape index (κ1) is 17.5. The van der Waals surface area contributed by atoms with Crippen LogP contribution >= 0.6 is 0 Å². The highest BCUT2D eigenvalue weighted by Crippen LogP contribution is 2.11. The SMILES string of the molecule is Cc1ccc(CN2CCCN(C(=O)c3cc(C)nc(C)n3)CC2)nc1. The maximum atomic E-state index is 12.8. The number of hydrogen-bond acceptors (Lipinski definition) is 5. The van der Waals surface area contributed by atoms with Crippen LogP contribution in [-0.4, -0.2) is 56.8 Å². The molecule has 6 heteroatoms. The molecular formula is C19H25N5O. The van der Waals surface area contributed by atoms with Gasteiger partial charge in [0.1, 0.15) is 11.5 Å². The Morgan fingerprint density at radius 2 is 1.92 bits per heavy atom. The van der Waals surface area contributed by atoms with Gasteiger partial charge in [0.05, 0.1) is 5.69 Å². The maximum Gasteiger partial charge on any atom is 0.272 e. The summed E-state index contributed by atoms with van der Waals surface area (Å²) in [5.41, 5.74) is 3.58. The summed E-state index contributed by atoms with van der Waals surface area (Å²) in [6.45, 7) is 9.89. The molecule has 2 aromatic rings. The predicted molar refractivity (Wildman–Crippen MR) is 96.3 cm³/mol. The fourth-order valence-electron chi connectivity index (χ4n) is 3.14. The van der Waals surface area contributed by atoms with Crippen LogP contribution in [0.5, 0.6) is 0 Å². The van der Waals surface area contributed by atoms with Gasteiger partial charge in [0.15, 0.2) is 0 Å². The molecule has 3 heterocycles. The number of carbonyl (C=O) groups is 1. The molecule has 1 saturated heterocycles. The molecular weight excluding hydrogens is 314 g/mol. The molecule has 1 aliphatic heterocycles. The minimum atomic E-state index is 0.00362. The quantitative estimate of drug-likeness (QED) is 0.857. The molecule has 1 amide bonds. The number of hydrogen-bond donors (Lipinski definition) is 0. The van der Waals surface area contributed by atoms with Gasteiger partial charge in [-0.1, -0.05) is 6.07 Å². The average molecular weight is 339 g/mol. The molecule has 0 N–H and O–H groups in total. The van der Waals surface area contributed by atoms with E-state index in [9.17, 15) is 4.79 Å². The minimum Gasteiger partial charge on any atom is -0.336 e. The Labute approximate surface area is 148 Å². The number of nitrogens with zero attached hydrogens (tertiary/aromatic N) is 5. The zero-order valence-electron chi connectivity index (χ0n) is 15.2. The van der Waals surface area contributed by atoms with Crippen molar-refractivity contribution in [2.24, 2.45) is 0 Å². The fraction of sp³-hybridized carbons (Fsp3) is 0.474. The van der Waals surface area contributed by atoms with Crippen molar-refractivity contribution in [2.75, 3.05) is 26.2 Å². The number of amides is 1. The molecule has 25 heavy (non-hydrogen) atoms. The van der Waals surface area contributed by atoms with Crippen molar-refractivity contribution in [3.8, 4) is 0 Å². The van der Waals surface area contributed by atoms with Crippen molar-refractivity contribution in [3.05, 3.63) is 52.9 Å². The van der Waals surface area contributed by atoms with Crippen LogP contribution in [0.3, 0.4) is 0 Å². The Bertz CT molecular complexity index is 724. The Balaban J connectivity index is 1.62. The molecule has 0 spiro atoms. The summed E-state index contributed by atoms with van der Waals surface area (Å²) in [7, 11) is 0. The van der Waals surface area contributed by atoms with E-state index in [0.29, 0.717) is 18.1 Å². The smallest absolute Gasteiger partial charge is 0.272 e. The Morgan fingerprint density at radius 1 is 1.08 bits per heavy atom. The maximum absolute atomic E-state index is 12.8. The molecule has 0 atom stereocenters. The zero-order valence-corrected chi connectivity index (χ0v) is 15.2. The summed E-state index contributed by atoms with van der Waals surface area (Å²) < 4.78 is 0. The number of aromatic nitrogens is 3. The zero-order chi connectivity index (χ0) is 17.8. The van der Waals surface area contributed by atoms with Gasteiger partial charge in [0.25, 0.3) is 5.91 Å². The summed E-state index contributed by atoms with van der Waals surface area (Å²) in [5.74, 6) is 0.647. The molecule has 0 bridgehead atoms. The van der Waals surface area contributed by atoms with Crippen molar-refractivity contribution in [2.45, 2.75) is 33.7 Å². The first-order chi connectivity index (χ1) is 12.0. The van der Waals surface area contributed by atoms with E-state index in [-0.39, 0.29) is 5.91 Å². The number of carbonyl (C=O) groups excluding carboxylic acids is 1. The summed E-state index contributed by atoms with van der Waals surface area (Å²) >= 11 is 0. The van der Waals surface area contributed by atoms with E-state index in [1.54, 1.807) is 6.07 Å². The van der Waals surface area contributed by atoms with Crippen LogP contribution in [0, 0.1) is 20.8 Å². The average Bonchev–Trinajstić information content (AvgIpc) is 2.81. The number of rotatable bonds is 3. The van der Waals surface area contributed by atoms with Gasteiger partial charge in [-0.3, -0.25) is 14.7 Å². The molecule has 0 aliphatic carbocycles. The summed E-state index contributed by atoms with van der Waals surface area (Å²) in [6.07, 6.45) is 2.86. The van der Waals surface area contributed by atoms with Crippen LogP contribution in [0.25, 0.3) is 0 Å². The Hall–Kier alpha value is -2.34. The topological polar surface area (TPSA) is 62.2 Å². The van der Waals surface area contributed by atoms with Crippen molar-refractivity contribution in [1.82, 2.24) is 24.8 Å².